The number of halogens is 1. The molecule has 108 valence electrons. The standard InChI is InChI=1S/C15H18N2O2.ClH/c16-8-11-4-3-7-17(9-11)15(18)13-10-19-14-6-2-1-5-12(13)14;/h1-2,5-6,10-11H,3-4,7-9,16H2;1H. The largest absolute Gasteiger partial charge is 0.463 e. The number of para-hydroxylation sites is 1. The van der Waals surface area contributed by atoms with Gasteiger partial charge in [0, 0.05) is 18.5 Å². The predicted molar refractivity (Wildman–Crippen MR) is 81.1 cm³/mol. The van der Waals surface area contributed by atoms with Gasteiger partial charge in [0.05, 0.1) is 5.56 Å². The van der Waals surface area contributed by atoms with Gasteiger partial charge in [0.15, 0.2) is 0 Å². The molecule has 1 amide bonds. The van der Waals surface area contributed by atoms with Crippen LogP contribution in [0.3, 0.4) is 0 Å². The molecule has 20 heavy (non-hydrogen) atoms. The highest BCUT2D eigenvalue weighted by Crippen LogP contribution is 2.24. The highest BCUT2D eigenvalue weighted by molar-refractivity contribution is 6.05. The van der Waals surface area contributed by atoms with Gasteiger partial charge in [0.2, 0.25) is 0 Å². The second-order valence-corrected chi connectivity index (χ2v) is 5.14. The van der Waals surface area contributed by atoms with Crippen LogP contribution in [0.25, 0.3) is 11.0 Å². The second-order valence-electron chi connectivity index (χ2n) is 5.14. The smallest absolute Gasteiger partial charge is 0.257 e. The summed E-state index contributed by atoms with van der Waals surface area (Å²) in [6, 6.07) is 7.64. The summed E-state index contributed by atoms with van der Waals surface area (Å²) in [5.74, 6) is 0.485. The van der Waals surface area contributed by atoms with Crippen molar-refractivity contribution in [2.75, 3.05) is 19.6 Å². The highest BCUT2D eigenvalue weighted by atomic mass is 35.5. The number of nitrogens with two attached hydrogens (primary N) is 1. The number of fused-ring (bicyclic) bond motifs is 1. The Labute approximate surface area is 124 Å². The van der Waals surface area contributed by atoms with Crippen molar-refractivity contribution < 1.29 is 9.21 Å². The fourth-order valence-corrected chi connectivity index (χ4v) is 2.76. The number of carbonyl (C=O) groups is 1. The molecule has 2 aromatic rings. The van der Waals surface area contributed by atoms with E-state index < -0.39 is 0 Å². The van der Waals surface area contributed by atoms with E-state index in [0.717, 1.165) is 36.9 Å². The number of likely N-dealkylation sites (tertiary alicyclic amines) is 1. The van der Waals surface area contributed by atoms with Crippen LogP contribution in [-0.2, 0) is 0 Å². The Morgan fingerprint density at radius 1 is 1.40 bits per heavy atom. The Morgan fingerprint density at radius 3 is 3.00 bits per heavy atom. The molecule has 0 aliphatic carbocycles. The van der Waals surface area contributed by atoms with Gasteiger partial charge in [0.25, 0.3) is 5.91 Å². The van der Waals surface area contributed by atoms with E-state index in [2.05, 4.69) is 0 Å². The number of nitrogens with zero attached hydrogens (tertiary/aromatic N) is 1. The van der Waals surface area contributed by atoms with Crippen LogP contribution < -0.4 is 5.73 Å². The van der Waals surface area contributed by atoms with Gasteiger partial charge in [0.1, 0.15) is 11.8 Å². The van der Waals surface area contributed by atoms with Gasteiger partial charge in [-0.2, -0.15) is 0 Å². The molecule has 1 unspecified atom stereocenters. The molecule has 1 saturated heterocycles. The first kappa shape index (κ1) is 14.9. The van der Waals surface area contributed by atoms with E-state index in [1.807, 2.05) is 29.2 Å². The summed E-state index contributed by atoms with van der Waals surface area (Å²) in [6.07, 6.45) is 3.72. The first-order valence-corrected chi connectivity index (χ1v) is 6.75. The summed E-state index contributed by atoms with van der Waals surface area (Å²) in [7, 11) is 0. The molecule has 1 fully saturated rings. The maximum absolute atomic E-state index is 12.6. The molecule has 5 heteroatoms. The minimum absolute atomic E-state index is 0. The Balaban J connectivity index is 0.00000147. The minimum atomic E-state index is 0. The molecule has 0 spiro atoms. The van der Waals surface area contributed by atoms with Crippen molar-refractivity contribution in [2.45, 2.75) is 12.8 Å². The molecule has 2 N–H and O–H groups in total. The van der Waals surface area contributed by atoms with E-state index in [1.54, 1.807) is 6.26 Å². The number of hydrogen-bond donors (Lipinski definition) is 1. The predicted octanol–water partition coefficient (Wildman–Crippen LogP) is 2.67. The van der Waals surface area contributed by atoms with E-state index >= 15 is 0 Å². The third-order valence-corrected chi connectivity index (χ3v) is 3.85. The molecule has 0 bridgehead atoms. The van der Waals surface area contributed by atoms with Crippen LogP contribution in [0.5, 0.6) is 0 Å². The molecule has 1 aromatic carbocycles. The molecule has 1 aliphatic rings. The number of rotatable bonds is 2. The number of benzene rings is 1. The van der Waals surface area contributed by atoms with Gasteiger partial charge in [-0.25, -0.2) is 0 Å². The zero-order valence-corrected chi connectivity index (χ0v) is 12.1. The number of piperidine rings is 1. The lowest BCUT2D eigenvalue weighted by molar-refractivity contribution is 0.0679. The number of furan rings is 1. The Kier molecular flexibility index (Phi) is 4.68. The SMILES string of the molecule is Cl.NCC1CCCN(C(=O)c2coc3ccccc23)C1. The average Bonchev–Trinajstić information content (AvgIpc) is 2.90. The quantitative estimate of drug-likeness (QED) is 0.926. The summed E-state index contributed by atoms with van der Waals surface area (Å²) in [6.45, 7) is 2.22. The third kappa shape index (κ3) is 2.67. The molecular formula is C15H19ClN2O2. The third-order valence-electron chi connectivity index (χ3n) is 3.85. The lowest BCUT2D eigenvalue weighted by Gasteiger charge is -2.31. The van der Waals surface area contributed by atoms with Gasteiger partial charge in [-0.3, -0.25) is 4.79 Å². The van der Waals surface area contributed by atoms with Crippen LogP contribution >= 0.6 is 12.4 Å². The Hall–Kier alpha value is -1.52. The van der Waals surface area contributed by atoms with E-state index in [9.17, 15) is 4.79 Å². The Bertz CT molecular complexity index is 596. The summed E-state index contributed by atoms with van der Waals surface area (Å²) in [5.41, 5.74) is 7.14. The molecule has 4 nitrogen and oxygen atoms in total. The maximum Gasteiger partial charge on any atom is 0.257 e. The monoisotopic (exact) mass is 294 g/mol. The lowest BCUT2D eigenvalue weighted by atomic mass is 9.97. The van der Waals surface area contributed by atoms with Crippen molar-refractivity contribution in [1.82, 2.24) is 4.90 Å². The molecule has 1 atom stereocenters. The van der Waals surface area contributed by atoms with E-state index in [0.29, 0.717) is 18.0 Å². The highest BCUT2D eigenvalue weighted by Gasteiger charge is 2.25. The fraction of sp³-hybridized carbons (Fsp3) is 0.400. The van der Waals surface area contributed by atoms with Crippen LogP contribution in [0, 0.1) is 5.92 Å². The summed E-state index contributed by atoms with van der Waals surface area (Å²) < 4.78 is 5.44. The molecule has 3 rings (SSSR count). The van der Waals surface area contributed by atoms with Crippen LogP contribution in [0.1, 0.15) is 23.2 Å². The number of amides is 1. The minimum Gasteiger partial charge on any atom is -0.463 e. The lowest BCUT2D eigenvalue weighted by Crippen LogP contribution is -2.41. The van der Waals surface area contributed by atoms with Crippen molar-refractivity contribution in [3.05, 3.63) is 36.1 Å². The Morgan fingerprint density at radius 2 is 2.20 bits per heavy atom. The molecule has 1 aliphatic heterocycles. The molecule has 2 heterocycles. The topological polar surface area (TPSA) is 59.5 Å². The zero-order chi connectivity index (χ0) is 13.2. The van der Waals surface area contributed by atoms with Crippen LogP contribution in [0.4, 0.5) is 0 Å². The average molecular weight is 295 g/mol. The number of hydrogen-bond acceptors (Lipinski definition) is 3. The summed E-state index contributed by atoms with van der Waals surface area (Å²) in [5, 5.41) is 0.891. The van der Waals surface area contributed by atoms with Crippen LogP contribution in [0.15, 0.2) is 34.9 Å². The fourth-order valence-electron chi connectivity index (χ4n) is 2.76. The normalized spacial score (nSPS) is 18.9. The first-order valence-electron chi connectivity index (χ1n) is 6.75. The van der Waals surface area contributed by atoms with Gasteiger partial charge in [-0.05, 0) is 31.4 Å². The maximum atomic E-state index is 12.6. The summed E-state index contributed by atoms with van der Waals surface area (Å²) in [4.78, 5) is 14.5. The van der Waals surface area contributed by atoms with Crippen molar-refractivity contribution in [3.63, 3.8) is 0 Å². The van der Waals surface area contributed by atoms with Gasteiger partial charge >= 0.3 is 0 Å². The van der Waals surface area contributed by atoms with Crippen LogP contribution in [0.2, 0.25) is 0 Å². The summed E-state index contributed by atoms with van der Waals surface area (Å²) >= 11 is 0. The molecule has 0 radical (unpaired) electrons. The van der Waals surface area contributed by atoms with E-state index in [1.165, 1.54) is 0 Å². The van der Waals surface area contributed by atoms with Gasteiger partial charge in [-0.1, -0.05) is 18.2 Å². The van der Waals surface area contributed by atoms with Crippen molar-refractivity contribution in [2.24, 2.45) is 11.7 Å². The van der Waals surface area contributed by atoms with Gasteiger partial charge < -0.3 is 15.1 Å². The van der Waals surface area contributed by atoms with Gasteiger partial charge in [-0.15, -0.1) is 12.4 Å². The first-order chi connectivity index (χ1) is 9.29. The molecule has 1 aromatic heterocycles. The van der Waals surface area contributed by atoms with Crippen molar-refractivity contribution in [3.8, 4) is 0 Å². The van der Waals surface area contributed by atoms with E-state index in [4.69, 9.17) is 10.2 Å². The molecule has 0 saturated carbocycles. The zero-order valence-electron chi connectivity index (χ0n) is 11.2. The van der Waals surface area contributed by atoms with Crippen molar-refractivity contribution in [1.29, 1.82) is 0 Å². The molecular weight excluding hydrogens is 276 g/mol. The second kappa shape index (κ2) is 6.29. The van der Waals surface area contributed by atoms with Crippen LogP contribution in [-0.4, -0.2) is 30.4 Å². The number of carbonyl (C=O) groups excluding carboxylic acids is 1. The van der Waals surface area contributed by atoms with Crippen molar-refractivity contribution >= 4 is 29.3 Å². The van der Waals surface area contributed by atoms with E-state index in [-0.39, 0.29) is 18.3 Å².